The SMILES string of the molecule is CC(Sc1nnc(NCc2ccco2)s1)C(=O)NC(=O)Nc1ccccc1. The van der Waals surface area contributed by atoms with Gasteiger partial charge in [0.25, 0.3) is 0 Å². The van der Waals surface area contributed by atoms with Gasteiger partial charge in [-0.2, -0.15) is 0 Å². The van der Waals surface area contributed by atoms with E-state index in [1.54, 1.807) is 37.5 Å². The monoisotopic (exact) mass is 403 g/mol. The standard InChI is InChI=1S/C17H17N5O3S2/c1-11(14(23)20-15(24)19-12-6-3-2-4-7-12)26-17-22-21-16(27-17)18-10-13-8-5-9-25-13/h2-9,11H,10H2,1H3,(H,18,21)(H2,19,20,23,24). The van der Waals surface area contributed by atoms with Gasteiger partial charge in [-0.25, -0.2) is 4.79 Å². The minimum Gasteiger partial charge on any atom is -0.467 e. The van der Waals surface area contributed by atoms with Gasteiger partial charge < -0.3 is 15.1 Å². The number of rotatable bonds is 7. The third-order valence-electron chi connectivity index (χ3n) is 3.32. The lowest BCUT2D eigenvalue weighted by molar-refractivity contribution is -0.119. The number of aromatic nitrogens is 2. The first-order valence-corrected chi connectivity index (χ1v) is 9.73. The Balaban J connectivity index is 1.45. The average molecular weight is 403 g/mol. The molecule has 0 saturated carbocycles. The van der Waals surface area contributed by atoms with E-state index in [2.05, 4.69) is 26.1 Å². The number of anilines is 2. The maximum Gasteiger partial charge on any atom is 0.325 e. The molecule has 3 N–H and O–H groups in total. The van der Waals surface area contributed by atoms with Crippen LogP contribution in [0.2, 0.25) is 0 Å². The Morgan fingerprint density at radius 2 is 2.00 bits per heavy atom. The quantitative estimate of drug-likeness (QED) is 0.517. The Hall–Kier alpha value is -2.85. The normalized spacial score (nSPS) is 11.6. The van der Waals surface area contributed by atoms with Crippen molar-refractivity contribution in [2.75, 3.05) is 10.6 Å². The van der Waals surface area contributed by atoms with Crippen molar-refractivity contribution in [3.8, 4) is 0 Å². The third-order valence-corrected chi connectivity index (χ3v) is 5.38. The van der Waals surface area contributed by atoms with Crippen LogP contribution in [0.1, 0.15) is 12.7 Å². The number of furan rings is 1. The summed E-state index contributed by atoms with van der Waals surface area (Å²) in [6.45, 7) is 2.20. The molecule has 3 aromatic rings. The summed E-state index contributed by atoms with van der Waals surface area (Å²) < 4.78 is 5.86. The number of benzene rings is 1. The molecule has 0 aliphatic carbocycles. The molecule has 8 nitrogen and oxygen atoms in total. The largest absolute Gasteiger partial charge is 0.467 e. The van der Waals surface area contributed by atoms with Crippen LogP contribution in [0, 0.1) is 0 Å². The molecule has 10 heteroatoms. The number of amides is 3. The molecule has 27 heavy (non-hydrogen) atoms. The van der Waals surface area contributed by atoms with Crippen molar-refractivity contribution in [1.82, 2.24) is 15.5 Å². The zero-order chi connectivity index (χ0) is 19.1. The molecule has 3 rings (SSSR count). The third kappa shape index (κ3) is 5.83. The summed E-state index contributed by atoms with van der Waals surface area (Å²) in [5, 5.41) is 16.2. The van der Waals surface area contributed by atoms with Crippen LogP contribution >= 0.6 is 23.1 Å². The zero-order valence-corrected chi connectivity index (χ0v) is 16.0. The highest BCUT2D eigenvalue weighted by Crippen LogP contribution is 2.29. The van der Waals surface area contributed by atoms with Gasteiger partial charge in [-0.3, -0.25) is 10.1 Å². The van der Waals surface area contributed by atoms with E-state index in [-0.39, 0.29) is 0 Å². The number of nitrogens with zero attached hydrogens (tertiary/aromatic N) is 2. The van der Waals surface area contributed by atoms with Crippen LogP contribution in [-0.2, 0) is 11.3 Å². The van der Waals surface area contributed by atoms with E-state index in [1.165, 1.54) is 23.1 Å². The van der Waals surface area contributed by atoms with E-state index in [1.807, 2.05) is 18.2 Å². The van der Waals surface area contributed by atoms with Gasteiger partial charge in [0.05, 0.1) is 18.1 Å². The van der Waals surface area contributed by atoms with Crippen molar-refractivity contribution in [2.45, 2.75) is 23.1 Å². The van der Waals surface area contributed by atoms with Crippen LogP contribution in [-0.4, -0.2) is 27.4 Å². The predicted molar refractivity (Wildman–Crippen MR) is 105 cm³/mol. The zero-order valence-electron chi connectivity index (χ0n) is 14.3. The molecule has 1 unspecified atom stereocenters. The molecule has 0 saturated heterocycles. The van der Waals surface area contributed by atoms with Crippen molar-refractivity contribution >= 4 is 45.9 Å². The smallest absolute Gasteiger partial charge is 0.325 e. The van der Waals surface area contributed by atoms with E-state index >= 15 is 0 Å². The molecule has 2 heterocycles. The number of carbonyl (C=O) groups excluding carboxylic acids is 2. The van der Waals surface area contributed by atoms with Crippen molar-refractivity contribution in [3.05, 3.63) is 54.5 Å². The molecule has 3 amide bonds. The van der Waals surface area contributed by atoms with Crippen molar-refractivity contribution in [3.63, 3.8) is 0 Å². The molecule has 0 spiro atoms. The molecule has 140 valence electrons. The Bertz CT molecular complexity index is 883. The summed E-state index contributed by atoms with van der Waals surface area (Å²) >= 11 is 2.56. The van der Waals surface area contributed by atoms with Gasteiger partial charge in [0.1, 0.15) is 5.76 Å². The predicted octanol–water partition coefficient (Wildman–Crippen LogP) is 3.57. The maximum absolute atomic E-state index is 12.2. The van der Waals surface area contributed by atoms with Crippen LogP contribution in [0.15, 0.2) is 57.5 Å². The first kappa shape index (κ1) is 18.9. The van der Waals surface area contributed by atoms with Gasteiger partial charge in [0.15, 0.2) is 4.34 Å². The van der Waals surface area contributed by atoms with E-state index in [0.717, 1.165) is 5.76 Å². The van der Waals surface area contributed by atoms with Crippen LogP contribution in [0.4, 0.5) is 15.6 Å². The number of para-hydroxylation sites is 1. The number of urea groups is 1. The number of imide groups is 1. The van der Waals surface area contributed by atoms with Crippen molar-refractivity contribution < 1.29 is 14.0 Å². The number of nitrogens with one attached hydrogen (secondary N) is 3. The van der Waals surface area contributed by atoms with Crippen LogP contribution < -0.4 is 16.0 Å². The topological polar surface area (TPSA) is 109 Å². The van der Waals surface area contributed by atoms with Gasteiger partial charge in [-0.05, 0) is 31.2 Å². The lowest BCUT2D eigenvalue weighted by Gasteiger charge is -2.10. The molecule has 2 aromatic heterocycles. The van der Waals surface area contributed by atoms with Crippen molar-refractivity contribution in [1.29, 1.82) is 0 Å². The van der Waals surface area contributed by atoms with Gasteiger partial charge in [-0.15, -0.1) is 10.2 Å². The fraction of sp³-hybridized carbons (Fsp3) is 0.176. The second-order valence-electron chi connectivity index (χ2n) is 5.38. The van der Waals surface area contributed by atoms with Crippen LogP contribution in [0.5, 0.6) is 0 Å². The highest BCUT2D eigenvalue weighted by atomic mass is 32.2. The minimum atomic E-state index is -0.572. The van der Waals surface area contributed by atoms with E-state index in [9.17, 15) is 9.59 Å². The molecule has 0 radical (unpaired) electrons. The molecule has 0 bridgehead atoms. The summed E-state index contributed by atoms with van der Waals surface area (Å²) in [6.07, 6.45) is 1.60. The number of hydrogen-bond donors (Lipinski definition) is 3. The first-order valence-electron chi connectivity index (χ1n) is 8.03. The maximum atomic E-state index is 12.2. The first-order chi connectivity index (χ1) is 13.1. The Kier molecular flexibility index (Phi) is 6.44. The Morgan fingerprint density at radius 3 is 2.74 bits per heavy atom. The summed E-state index contributed by atoms with van der Waals surface area (Å²) in [4.78, 5) is 24.1. The number of hydrogen-bond acceptors (Lipinski definition) is 8. The summed E-state index contributed by atoms with van der Waals surface area (Å²) in [6, 6.07) is 12.0. The highest BCUT2D eigenvalue weighted by Gasteiger charge is 2.19. The van der Waals surface area contributed by atoms with Gasteiger partial charge in [-0.1, -0.05) is 41.3 Å². The summed E-state index contributed by atoms with van der Waals surface area (Å²) in [7, 11) is 0. The Morgan fingerprint density at radius 1 is 1.19 bits per heavy atom. The molecule has 1 aromatic carbocycles. The van der Waals surface area contributed by atoms with E-state index in [4.69, 9.17) is 4.42 Å². The van der Waals surface area contributed by atoms with Gasteiger partial charge in [0, 0.05) is 5.69 Å². The van der Waals surface area contributed by atoms with Gasteiger partial charge >= 0.3 is 6.03 Å². The number of thioether (sulfide) groups is 1. The molecule has 0 fully saturated rings. The Labute approximate surface area is 163 Å². The number of carbonyl (C=O) groups is 2. The van der Waals surface area contributed by atoms with Crippen LogP contribution in [0.3, 0.4) is 0 Å². The average Bonchev–Trinajstić information content (AvgIpc) is 3.32. The second kappa shape index (κ2) is 9.19. The minimum absolute atomic E-state index is 0.409. The second-order valence-corrected chi connectivity index (χ2v) is 7.94. The molecular formula is C17H17N5O3S2. The summed E-state index contributed by atoms with van der Waals surface area (Å²) in [5.74, 6) is 0.380. The lowest BCUT2D eigenvalue weighted by atomic mass is 10.3. The fourth-order valence-corrected chi connectivity index (χ4v) is 3.90. The fourth-order valence-electron chi connectivity index (χ4n) is 2.01. The molecule has 0 aliphatic rings. The van der Waals surface area contributed by atoms with E-state index < -0.39 is 17.2 Å². The highest BCUT2D eigenvalue weighted by molar-refractivity contribution is 8.02. The molecule has 1 atom stereocenters. The lowest BCUT2D eigenvalue weighted by Crippen LogP contribution is -2.38. The molecule has 0 aliphatic heterocycles. The van der Waals surface area contributed by atoms with Crippen LogP contribution in [0.25, 0.3) is 0 Å². The van der Waals surface area contributed by atoms with Crippen molar-refractivity contribution in [2.24, 2.45) is 0 Å². The van der Waals surface area contributed by atoms with Gasteiger partial charge in [0.2, 0.25) is 11.0 Å². The molecular weight excluding hydrogens is 386 g/mol. The summed E-state index contributed by atoms with van der Waals surface area (Å²) in [5.41, 5.74) is 0.611. The van der Waals surface area contributed by atoms with E-state index in [0.29, 0.717) is 21.7 Å².